The number of nitrogens with zero attached hydrogens (tertiary/aromatic N) is 3. The van der Waals surface area contributed by atoms with Gasteiger partial charge in [0.05, 0.1) is 23.2 Å². The van der Waals surface area contributed by atoms with Crippen LogP contribution in [0.4, 0.5) is 27.3 Å². The predicted octanol–water partition coefficient (Wildman–Crippen LogP) is 7.59. The lowest BCUT2D eigenvalue weighted by atomic mass is 9.73. The third kappa shape index (κ3) is 6.64. The van der Waals surface area contributed by atoms with Crippen LogP contribution in [0, 0.1) is 18.2 Å². The van der Waals surface area contributed by atoms with Crippen molar-refractivity contribution in [1.82, 2.24) is 4.98 Å². The number of amides is 3. The van der Waals surface area contributed by atoms with Crippen molar-refractivity contribution < 1.29 is 28.2 Å². The van der Waals surface area contributed by atoms with Gasteiger partial charge in [-0.1, -0.05) is 24.3 Å². The van der Waals surface area contributed by atoms with Crippen LogP contribution in [0.15, 0.2) is 85.1 Å². The van der Waals surface area contributed by atoms with E-state index in [4.69, 9.17) is 9.47 Å². The monoisotopic (exact) mass is 731 g/mol. The molecule has 10 nitrogen and oxygen atoms in total. The number of ether oxygens (including phenoxy) is 2. The lowest BCUT2D eigenvalue weighted by Gasteiger charge is -2.53. The molecule has 0 bridgehead atoms. The van der Waals surface area contributed by atoms with E-state index in [2.05, 4.69) is 20.5 Å². The molecule has 2 aromatic heterocycles. The normalized spacial score (nSPS) is 15.8. The first-order chi connectivity index (χ1) is 25.7. The third-order valence-electron chi connectivity index (χ3n) is 10.3. The second-order valence-electron chi connectivity index (χ2n) is 13.8. The molecule has 1 spiro atoms. The standard InChI is InChI=1S/C41H38FN5O5S/c1-25-20-30(37(43-22-25)46-23-41(24-46)15-18-52-19-16-41)38(48)44-28-12-10-26(11-13-28)40(50)47-17-14-27-21-34(53-36(27)29-6-3-4-8-32(29)47)39(49)45-35-31(42)7-5-9-33(35)51-2/h3-13,20-22H,14-19,23-24H2,1-2H3,(H,44,48)(H,45,49). The van der Waals surface area contributed by atoms with Crippen LogP contribution in [0.1, 0.15) is 54.4 Å². The highest BCUT2D eigenvalue weighted by Gasteiger charge is 2.45. The highest BCUT2D eigenvalue weighted by Crippen LogP contribution is 2.44. The van der Waals surface area contributed by atoms with Crippen molar-refractivity contribution in [3.8, 4) is 16.2 Å². The van der Waals surface area contributed by atoms with E-state index < -0.39 is 11.7 Å². The number of nitrogens with one attached hydrogen (secondary N) is 2. The first-order valence-corrected chi connectivity index (χ1v) is 18.4. The van der Waals surface area contributed by atoms with Crippen LogP contribution in [-0.4, -0.2) is 62.7 Å². The summed E-state index contributed by atoms with van der Waals surface area (Å²) in [7, 11) is 1.42. The lowest BCUT2D eigenvalue weighted by molar-refractivity contribution is -0.000511. The molecule has 270 valence electrons. The number of halogens is 1. The van der Waals surface area contributed by atoms with E-state index in [1.165, 1.54) is 30.6 Å². The zero-order valence-electron chi connectivity index (χ0n) is 29.4. The Labute approximate surface area is 310 Å². The molecule has 3 aliphatic heterocycles. The molecule has 0 aliphatic carbocycles. The number of para-hydroxylation sites is 2. The van der Waals surface area contributed by atoms with Gasteiger partial charge >= 0.3 is 0 Å². The maximum atomic E-state index is 14.6. The number of rotatable bonds is 7. The van der Waals surface area contributed by atoms with E-state index in [1.54, 1.807) is 41.4 Å². The van der Waals surface area contributed by atoms with Gasteiger partial charge in [0.25, 0.3) is 17.7 Å². The summed E-state index contributed by atoms with van der Waals surface area (Å²) in [5.74, 6) is -0.549. The zero-order valence-corrected chi connectivity index (χ0v) is 30.2. The molecule has 2 saturated heterocycles. The van der Waals surface area contributed by atoms with Gasteiger partial charge < -0.3 is 29.9 Å². The van der Waals surface area contributed by atoms with Crippen molar-refractivity contribution in [2.75, 3.05) is 60.4 Å². The SMILES string of the molecule is COc1cccc(F)c1NC(=O)c1cc2c(s1)-c1ccccc1N(C(=O)c1ccc(NC(=O)c3cc(C)cnc3N3CC4(CCOCC4)C3)cc1)CC2. The number of methoxy groups -OCH3 is 1. The fourth-order valence-corrected chi connectivity index (χ4v) is 8.59. The molecular weight excluding hydrogens is 694 g/mol. The van der Waals surface area contributed by atoms with E-state index in [9.17, 15) is 18.8 Å². The minimum atomic E-state index is -0.589. The molecule has 5 aromatic rings. The maximum absolute atomic E-state index is 14.6. The average molecular weight is 732 g/mol. The molecule has 5 heterocycles. The summed E-state index contributed by atoms with van der Waals surface area (Å²) in [5.41, 5.74) is 5.17. The van der Waals surface area contributed by atoms with E-state index in [0.717, 1.165) is 66.4 Å². The highest BCUT2D eigenvalue weighted by molar-refractivity contribution is 7.17. The summed E-state index contributed by atoms with van der Waals surface area (Å²) in [4.78, 5) is 50.8. The van der Waals surface area contributed by atoms with Gasteiger partial charge in [0.15, 0.2) is 5.82 Å². The Hall–Kier alpha value is -5.59. The van der Waals surface area contributed by atoms with Gasteiger partial charge in [-0.05, 0) is 91.9 Å². The summed E-state index contributed by atoms with van der Waals surface area (Å²) >= 11 is 1.30. The van der Waals surface area contributed by atoms with Crippen molar-refractivity contribution in [1.29, 1.82) is 0 Å². The van der Waals surface area contributed by atoms with Crippen LogP contribution in [-0.2, 0) is 11.2 Å². The Morgan fingerprint density at radius 2 is 1.72 bits per heavy atom. The van der Waals surface area contributed by atoms with Crippen LogP contribution in [0.25, 0.3) is 10.4 Å². The van der Waals surface area contributed by atoms with Gasteiger partial charge in [-0.25, -0.2) is 9.37 Å². The second-order valence-corrected chi connectivity index (χ2v) is 14.9. The fraction of sp³-hybridized carbons (Fsp3) is 0.268. The van der Waals surface area contributed by atoms with Crippen molar-refractivity contribution in [3.63, 3.8) is 0 Å². The maximum Gasteiger partial charge on any atom is 0.265 e. The summed E-state index contributed by atoms with van der Waals surface area (Å²) in [6, 6.07) is 22.6. The van der Waals surface area contributed by atoms with E-state index >= 15 is 0 Å². The van der Waals surface area contributed by atoms with Gasteiger partial charge in [-0.3, -0.25) is 14.4 Å². The Morgan fingerprint density at radius 3 is 2.49 bits per heavy atom. The number of anilines is 4. The first kappa shape index (κ1) is 34.5. The quantitative estimate of drug-likeness (QED) is 0.177. The number of fused-ring (bicyclic) bond motifs is 3. The second kappa shape index (κ2) is 14.1. The van der Waals surface area contributed by atoms with Gasteiger partial charge in [-0.15, -0.1) is 11.3 Å². The minimum absolute atomic E-state index is 0.0152. The van der Waals surface area contributed by atoms with Gasteiger partial charge in [-0.2, -0.15) is 0 Å². The first-order valence-electron chi connectivity index (χ1n) is 17.6. The number of aromatic nitrogens is 1. The van der Waals surface area contributed by atoms with Crippen molar-refractivity contribution >= 4 is 51.9 Å². The van der Waals surface area contributed by atoms with Crippen LogP contribution in [0.2, 0.25) is 0 Å². The third-order valence-corrected chi connectivity index (χ3v) is 11.5. The molecule has 2 fully saturated rings. The van der Waals surface area contributed by atoms with Crippen LogP contribution >= 0.6 is 11.3 Å². The number of hydrogen-bond donors (Lipinski definition) is 2. The van der Waals surface area contributed by atoms with E-state index in [-0.39, 0.29) is 28.7 Å². The number of carbonyl (C=O) groups excluding carboxylic acids is 3. The van der Waals surface area contributed by atoms with Crippen molar-refractivity contribution in [3.05, 3.63) is 118 Å². The van der Waals surface area contributed by atoms with Gasteiger partial charge in [0.2, 0.25) is 0 Å². The average Bonchev–Trinajstić information content (AvgIpc) is 3.53. The summed E-state index contributed by atoms with van der Waals surface area (Å²) < 4.78 is 25.4. The summed E-state index contributed by atoms with van der Waals surface area (Å²) in [6.07, 6.45) is 4.35. The van der Waals surface area contributed by atoms with Gasteiger partial charge in [0, 0.05) is 66.2 Å². The number of aryl methyl sites for hydroxylation is 1. The summed E-state index contributed by atoms with van der Waals surface area (Å²) in [5, 5.41) is 5.68. The number of pyridine rings is 1. The van der Waals surface area contributed by atoms with Crippen LogP contribution < -0.4 is 25.2 Å². The predicted molar refractivity (Wildman–Crippen MR) is 204 cm³/mol. The van der Waals surface area contributed by atoms with Crippen molar-refractivity contribution in [2.24, 2.45) is 5.41 Å². The zero-order chi connectivity index (χ0) is 36.7. The molecule has 0 atom stereocenters. The highest BCUT2D eigenvalue weighted by atomic mass is 32.1. The van der Waals surface area contributed by atoms with Gasteiger partial charge in [0.1, 0.15) is 17.3 Å². The fourth-order valence-electron chi connectivity index (χ4n) is 7.46. The Morgan fingerprint density at radius 1 is 0.943 bits per heavy atom. The Balaban J connectivity index is 0.976. The molecule has 3 aromatic carbocycles. The molecule has 12 heteroatoms. The van der Waals surface area contributed by atoms with E-state index in [1.807, 2.05) is 43.3 Å². The Kier molecular flexibility index (Phi) is 9.17. The molecule has 0 radical (unpaired) electrons. The number of thiophene rings is 1. The molecule has 0 unspecified atom stereocenters. The largest absolute Gasteiger partial charge is 0.494 e. The lowest BCUT2D eigenvalue weighted by Crippen LogP contribution is -2.59. The smallest absolute Gasteiger partial charge is 0.265 e. The minimum Gasteiger partial charge on any atom is -0.494 e. The summed E-state index contributed by atoms with van der Waals surface area (Å²) in [6.45, 7) is 5.58. The molecule has 3 amide bonds. The van der Waals surface area contributed by atoms with E-state index in [0.29, 0.717) is 40.5 Å². The number of carbonyl (C=O) groups is 3. The molecule has 0 saturated carbocycles. The molecular formula is C41H38FN5O5S. The number of benzene rings is 3. The van der Waals surface area contributed by atoms with Crippen molar-refractivity contribution in [2.45, 2.75) is 26.2 Å². The topological polar surface area (TPSA) is 113 Å². The number of hydrogen-bond acceptors (Lipinski definition) is 8. The van der Waals surface area contributed by atoms with Crippen LogP contribution in [0.5, 0.6) is 5.75 Å². The molecule has 53 heavy (non-hydrogen) atoms. The molecule has 3 aliphatic rings. The Bertz CT molecular complexity index is 2220. The van der Waals surface area contributed by atoms with Crippen LogP contribution in [0.3, 0.4) is 0 Å². The molecule has 2 N–H and O–H groups in total. The molecule has 8 rings (SSSR count).